The van der Waals surface area contributed by atoms with Gasteiger partial charge in [-0.05, 0) is 0 Å². The normalized spacial score (nSPS) is 22.2. The highest BCUT2D eigenvalue weighted by Crippen LogP contribution is 2.45. The molecule has 1 unspecified atom stereocenters. The standard InChI is InChI=1S/C7H6Cl2N2OS.ClH/c8-6-4-2(10)1-3(11-12)5(4)7(9)13-6;/h2,12H,1,10H2;1H/b11-3+;. The molecule has 1 aromatic heterocycles. The van der Waals surface area contributed by atoms with Gasteiger partial charge in [-0.25, -0.2) is 0 Å². The van der Waals surface area contributed by atoms with Crippen LogP contribution in [0.25, 0.3) is 0 Å². The Kier molecular flexibility index (Phi) is 3.66. The first-order valence-corrected chi connectivity index (χ1v) is 5.17. The van der Waals surface area contributed by atoms with E-state index in [2.05, 4.69) is 5.16 Å². The SMILES string of the molecule is Cl.NC1C/C(=N\O)c2c(Cl)sc(Cl)c21. The van der Waals surface area contributed by atoms with Crippen LogP contribution in [-0.4, -0.2) is 10.9 Å². The highest BCUT2D eigenvalue weighted by Gasteiger charge is 2.32. The van der Waals surface area contributed by atoms with Crippen molar-refractivity contribution in [2.75, 3.05) is 0 Å². The topological polar surface area (TPSA) is 58.6 Å². The summed E-state index contributed by atoms with van der Waals surface area (Å²) in [4.78, 5) is 0. The van der Waals surface area contributed by atoms with Crippen molar-refractivity contribution in [1.29, 1.82) is 0 Å². The van der Waals surface area contributed by atoms with Gasteiger partial charge in [0.25, 0.3) is 0 Å². The van der Waals surface area contributed by atoms with Crippen molar-refractivity contribution in [1.82, 2.24) is 0 Å². The zero-order chi connectivity index (χ0) is 9.59. The van der Waals surface area contributed by atoms with E-state index < -0.39 is 0 Å². The molecule has 3 N–H and O–H groups in total. The van der Waals surface area contributed by atoms with Crippen LogP contribution in [0, 0.1) is 0 Å². The molecule has 0 saturated heterocycles. The summed E-state index contributed by atoms with van der Waals surface area (Å²) in [7, 11) is 0. The Bertz CT molecular complexity index is 391. The van der Waals surface area contributed by atoms with E-state index in [0.717, 1.165) is 5.56 Å². The first-order chi connectivity index (χ1) is 6.15. The Morgan fingerprint density at radius 1 is 1.43 bits per heavy atom. The Morgan fingerprint density at radius 3 is 2.64 bits per heavy atom. The highest BCUT2D eigenvalue weighted by atomic mass is 35.5. The third kappa shape index (κ3) is 1.61. The Balaban J connectivity index is 0.000000980. The van der Waals surface area contributed by atoms with Gasteiger partial charge in [0.15, 0.2) is 0 Å². The third-order valence-electron chi connectivity index (χ3n) is 2.05. The molecule has 0 amide bonds. The fourth-order valence-corrected chi connectivity index (χ4v) is 3.37. The molecule has 0 saturated carbocycles. The van der Waals surface area contributed by atoms with Crippen molar-refractivity contribution < 1.29 is 5.21 Å². The molecule has 1 aliphatic carbocycles. The number of nitrogens with two attached hydrogens (primary N) is 1. The van der Waals surface area contributed by atoms with Gasteiger partial charge >= 0.3 is 0 Å². The van der Waals surface area contributed by atoms with Gasteiger partial charge in [-0.1, -0.05) is 28.4 Å². The average Bonchev–Trinajstić information content (AvgIpc) is 2.54. The molecule has 1 heterocycles. The zero-order valence-corrected chi connectivity index (χ0v) is 9.97. The summed E-state index contributed by atoms with van der Waals surface area (Å²) in [5, 5.41) is 11.9. The van der Waals surface area contributed by atoms with Crippen molar-refractivity contribution in [3.63, 3.8) is 0 Å². The lowest BCUT2D eigenvalue weighted by molar-refractivity contribution is 0.318. The maximum atomic E-state index is 8.70. The van der Waals surface area contributed by atoms with E-state index in [1.54, 1.807) is 0 Å². The molecule has 0 aliphatic heterocycles. The predicted octanol–water partition coefficient (Wildman–Crippen LogP) is 3.06. The number of thiophene rings is 1. The molecule has 0 bridgehead atoms. The van der Waals surface area contributed by atoms with Gasteiger partial charge in [0.05, 0.1) is 10.0 Å². The summed E-state index contributed by atoms with van der Waals surface area (Å²) in [6.45, 7) is 0. The fraction of sp³-hybridized carbons (Fsp3) is 0.286. The van der Waals surface area contributed by atoms with Gasteiger partial charge in [0, 0.05) is 23.6 Å². The molecular formula is C7H7Cl3N2OS. The summed E-state index contributed by atoms with van der Waals surface area (Å²) in [5.74, 6) is 0. The predicted molar refractivity (Wildman–Crippen MR) is 61.5 cm³/mol. The number of hydrogen-bond acceptors (Lipinski definition) is 4. The lowest BCUT2D eigenvalue weighted by atomic mass is 10.2. The van der Waals surface area contributed by atoms with Gasteiger partial charge in [-0.3, -0.25) is 0 Å². The molecule has 14 heavy (non-hydrogen) atoms. The Morgan fingerprint density at radius 2 is 2.07 bits per heavy atom. The molecule has 1 aliphatic rings. The lowest BCUT2D eigenvalue weighted by Crippen LogP contribution is -2.06. The average molecular weight is 274 g/mol. The summed E-state index contributed by atoms with van der Waals surface area (Å²) in [6.07, 6.45) is 0.494. The molecule has 0 spiro atoms. The van der Waals surface area contributed by atoms with E-state index >= 15 is 0 Å². The van der Waals surface area contributed by atoms with Gasteiger partial charge < -0.3 is 10.9 Å². The third-order valence-corrected chi connectivity index (χ3v) is 3.69. The molecule has 0 fully saturated rings. The summed E-state index contributed by atoms with van der Waals surface area (Å²) in [5.41, 5.74) is 7.85. The first kappa shape index (κ1) is 12.1. The quantitative estimate of drug-likeness (QED) is 0.564. The Labute approximate surface area is 101 Å². The van der Waals surface area contributed by atoms with Crippen molar-refractivity contribution in [3.05, 3.63) is 19.8 Å². The van der Waals surface area contributed by atoms with Crippen molar-refractivity contribution in [3.8, 4) is 0 Å². The molecule has 7 heteroatoms. The van der Waals surface area contributed by atoms with Crippen LogP contribution in [0.3, 0.4) is 0 Å². The Hall–Kier alpha value is -0.0000000000000000833. The van der Waals surface area contributed by atoms with Crippen LogP contribution in [0.4, 0.5) is 0 Å². The highest BCUT2D eigenvalue weighted by molar-refractivity contribution is 7.20. The summed E-state index contributed by atoms with van der Waals surface area (Å²) >= 11 is 13.1. The minimum Gasteiger partial charge on any atom is -0.411 e. The smallest absolute Gasteiger partial charge is 0.104 e. The number of halogens is 3. The van der Waals surface area contributed by atoms with Crippen LogP contribution in [0.15, 0.2) is 5.16 Å². The maximum Gasteiger partial charge on any atom is 0.104 e. The molecule has 78 valence electrons. The zero-order valence-electron chi connectivity index (χ0n) is 6.83. The molecular weight excluding hydrogens is 267 g/mol. The molecule has 3 nitrogen and oxygen atoms in total. The second kappa shape index (κ2) is 4.24. The second-order valence-corrected chi connectivity index (χ2v) is 5.02. The van der Waals surface area contributed by atoms with Crippen LogP contribution in [0.5, 0.6) is 0 Å². The largest absolute Gasteiger partial charge is 0.411 e. The van der Waals surface area contributed by atoms with Gasteiger partial charge in [-0.2, -0.15) is 0 Å². The molecule has 0 aromatic carbocycles. The first-order valence-electron chi connectivity index (χ1n) is 3.59. The molecule has 2 rings (SSSR count). The molecule has 0 radical (unpaired) electrons. The van der Waals surface area contributed by atoms with E-state index in [1.807, 2.05) is 0 Å². The minimum absolute atomic E-state index is 0. The van der Waals surface area contributed by atoms with Crippen molar-refractivity contribution in [2.24, 2.45) is 10.9 Å². The number of oxime groups is 1. The number of fused-ring (bicyclic) bond motifs is 1. The summed E-state index contributed by atoms with van der Waals surface area (Å²) in [6, 6.07) is -0.197. The van der Waals surface area contributed by atoms with E-state index in [4.69, 9.17) is 34.1 Å². The molecule has 1 aromatic rings. The minimum atomic E-state index is -0.197. The van der Waals surface area contributed by atoms with Gasteiger partial charge in [0.1, 0.15) is 4.34 Å². The van der Waals surface area contributed by atoms with Crippen LogP contribution >= 0.6 is 46.9 Å². The van der Waals surface area contributed by atoms with Crippen molar-refractivity contribution in [2.45, 2.75) is 12.5 Å². The summed E-state index contributed by atoms with van der Waals surface area (Å²) < 4.78 is 1.13. The van der Waals surface area contributed by atoms with Gasteiger partial charge in [0.2, 0.25) is 0 Å². The second-order valence-electron chi connectivity index (χ2n) is 2.80. The van der Waals surface area contributed by atoms with E-state index in [-0.39, 0.29) is 18.4 Å². The number of nitrogens with zero attached hydrogens (tertiary/aromatic N) is 1. The van der Waals surface area contributed by atoms with Crippen LogP contribution < -0.4 is 5.73 Å². The van der Waals surface area contributed by atoms with Gasteiger partial charge in [-0.15, -0.1) is 23.7 Å². The fourth-order valence-electron chi connectivity index (χ4n) is 1.49. The monoisotopic (exact) mass is 272 g/mol. The van der Waals surface area contributed by atoms with Crippen LogP contribution in [0.1, 0.15) is 23.6 Å². The maximum absolute atomic E-state index is 8.70. The van der Waals surface area contributed by atoms with Crippen LogP contribution in [0.2, 0.25) is 8.67 Å². The van der Waals surface area contributed by atoms with Crippen molar-refractivity contribution >= 4 is 52.7 Å². The van der Waals surface area contributed by atoms with Crippen LogP contribution in [-0.2, 0) is 0 Å². The van der Waals surface area contributed by atoms with E-state index in [9.17, 15) is 0 Å². The number of hydrogen-bond donors (Lipinski definition) is 2. The molecule has 1 atom stereocenters. The van der Waals surface area contributed by atoms with E-state index in [0.29, 0.717) is 26.4 Å². The lowest BCUT2D eigenvalue weighted by Gasteiger charge is -1.99. The number of rotatable bonds is 0. The van der Waals surface area contributed by atoms with E-state index in [1.165, 1.54) is 11.3 Å².